The molecule has 1 heterocycles. The Balaban J connectivity index is 2.03. The fourth-order valence-electron chi connectivity index (χ4n) is 1.62. The van der Waals surface area contributed by atoms with Gasteiger partial charge in [0, 0.05) is 5.69 Å². The lowest BCUT2D eigenvalue weighted by Crippen LogP contribution is -2.15. The van der Waals surface area contributed by atoms with Gasteiger partial charge in [0.15, 0.2) is 5.82 Å². The molecule has 0 aliphatic heterocycles. The Bertz CT molecular complexity index is 607. The first-order valence-corrected chi connectivity index (χ1v) is 6.62. The predicted molar refractivity (Wildman–Crippen MR) is 77.5 cm³/mol. The SMILES string of the molecule is CCCCOc1ccc(Nc2nc(=O)[nH]nc2C)cc1. The molecule has 106 valence electrons. The molecule has 0 unspecified atom stereocenters. The summed E-state index contributed by atoms with van der Waals surface area (Å²) in [4.78, 5) is 15.0. The van der Waals surface area contributed by atoms with Gasteiger partial charge in [0.25, 0.3) is 0 Å². The van der Waals surface area contributed by atoms with Crippen molar-refractivity contribution in [2.75, 3.05) is 11.9 Å². The minimum atomic E-state index is -0.474. The molecule has 1 aromatic heterocycles. The summed E-state index contributed by atoms with van der Waals surface area (Å²) in [6.45, 7) is 4.62. The van der Waals surface area contributed by atoms with Crippen LogP contribution >= 0.6 is 0 Å². The van der Waals surface area contributed by atoms with Gasteiger partial charge in [0.1, 0.15) is 11.4 Å². The first-order chi connectivity index (χ1) is 9.69. The quantitative estimate of drug-likeness (QED) is 0.791. The number of H-pyrrole nitrogens is 1. The van der Waals surface area contributed by atoms with Crippen molar-refractivity contribution in [1.82, 2.24) is 15.2 Å². The van der Waals surface area contributed by atoms with E-state index in [-0.39, 0.29) is 0 Å². The molecule has 0 aliphatic carbocycles. The summed E-state index contributed by atoms with van der Waals surface area (Å²) in [5.74, 6) is 1.28. The molecule has 0 aliphatic rings. The van der Waals surface area contributed by atoms with E-state index in [1.165, 1.54) is 0 Å². The fraction of sp³-hybridized carbons (Fsp3) is 0.357. The molecule has 2 aromatic rings. The Hall–Kier alpha value is -2.37. The smallest absolute Gasteiger partial charge is 0.363 e. The maximum atomic E-state index is 11.1. The van der Waals surface area contributed by atoms with Crippen LogP contribution in [0.25, 0.3) is 0 Å². The number of nitrogens with zero attached hydrogens (tertiary/aromatic N) is 2. The highest BCUT2D eigenvalue weighted by Crippen LogP contribution is 2.19. The number of anilines is 2. The highest BCUT2D eigenvalue weighted by Gasteiger charge is 2.03. The van der Waals surface area contributed by atoms with Crippen molar-refractivity contribution in [2.45, 2.75) is 26.7 Å². The highest BCUT2D eigenvalue weighted by atomic mass is 16.5. The van der Waals surface area contributed by atoms with Gasteiger partial charge in [-0.05, 0) is 37.6 Å². The van der Waals surface area contributed by atoms with Gasteiger partial charge >= 0.3 is 5.69 Å². The molecule has 2 N–H and O–H groups in total. The van der Waals surface area contributed by atoms with E-state index in [4.69, 9.17) is 4.74 Å². The third-order valence-corrected chi connectivity index (χ3v) is 2.76. The van der Waals surface area contributed by atoms with E-state index in [0.29, 0.717) is 11.5 Å². The Morgan fingerprint density at radius 2 is 2.05 bits per heavy atom. The summed E-state index contributed by atoms with van der Waals surface area (Å²) in [5.41, 5.74) is 0.987. The number of aromatic nitrogens is 3. The molecule has 0 spiro atoms. The third-order valence-electron chi connectivity index (χ3n) is 2.76. The van der Waals surface area contributed by atoms with E-state index in [9.17, 15) is 4.79 Å². The third kappa shape index (κ3) is 3.81. The van der Waals surface area contributed by atoms with Gasteiger partial charge in [-0.2, -0.15) is 10.1 Å². The number of hydrogen-bond donors (Lipinski definition) is 2. The zero-order valence-electron chi connectivity index (χ0n) is 11.6. The molecule has 0 atom stereocenters. The second-order valence-electron chi connectivity index (χ2n) is 4.43. The van der Waals surface area contributed by atoms with Gasteiger partial charge in [-0.25, -0.2) is 9.89 Å². The predicted octanol–water partition coefficient (Wildman–Crippen LogP) is 2.40. The van der Waals surface area contributed by atoms with Crippen LogP contribution < -0.4 is 15.7 Å². The normalized spacial score (nSPS) is 10.3. The fourth-order valence-corrected chi connectivity index (χ4v) is 1.62. The number of ether oxygens (including phenoxy) is 1. The Kier molecular flexibility index (Phi) is 4.70. The summed E-state index contributed by atoms with van der Waals surface area (Å²) in [6, 6.07) is 7.52. The molecule has 6 heteroatoms. The van der Waals surface area contributed by atoms with E-state index in [0.717, 1.165) is 30.9 Å². The van der Waals surface area contributed by atoms with Crippen LogP contribution in [0.4, 0.5) is 11.5 Å². The summed E-state index contributed by atoms with van der Waals surface area (Å²) < 4.78 is 5.58. The molecule has 1 aromatic carbocycles. The van der Waals surface area contributed by atoms with Crippen LogP contribution in [0.5, 0.6) is 5.75 Å². The van der Waals surface area contributed by atoms with Gasteiger partial charge in [0.2, 0.25) is 0 Å². The topological polar surface area (TPSA) is 79.9 Å². The van der Waals surface area contributed by atoms with Crippen LogP contribution in [-0.2, 0) is 0 Å². The summed E-state index contributed by atoms with van der Waals surface area (Å²) >= 11 is 0. The van der Waals surface area contributed by atoms with Gasteiger partial charge in [-0.15, -0.1) is 0 Å². The molecule has 0 amide bonds. The summed E-state index contributed by atoms with van der Waals surface area (Å²) in [7, 11) is 0. The van der Waals surface area contributed by atoms with Gasteiger partial charge in [-0.3, -0.25) is 0 Å². The first-order valence-electron chi connectivity index (χ1n) is 6.62. The van der Waals surface area contributed by atoms with Crippen LogP contribution in [0.15, 0.2) is 29.1 Å². The van der Waals surface area contributed by atoms with Crippen LogP contribution in [0.1, 0.15) is 25.5 Å². The van der Waals surface area contributed by atoms with Crippen LogP contribution in [-0.4, -0.2) is 21.8 Å². The Labute approximate surface area is 117 Å². The molecule has 0 fully saturated rings. The van der Waals surface area contributed by atoms with Crippen LogP contribution in [0.2, 0.25) is 0 Å². The minimum Gasteiger partial charge on any atom is -0.494 e. The van der Waals surface area contributed by atoms with E-state index in [1.807, 2.05) is 24.3 Å². The van der Waals surface area contributed by atoms with E-state index < -0.39 is 5.69 Å². The average Bonchev–Trinajstić information content (AvgIpc) is 2.45. The molecular formula is C14H18N4O2. The summed E-state index contributed by atoms with van der Waals surface area (Å²) in [5, 5.41) is 9.20. The average molecular weight is 274 g/mol. The zero-order valence-corrected chi connectivity index (χ0v) is 11.6. The maximum absolute atomic E-state index is 11.1. The molecule has 20 heavy (non-hydrogen) atoms. The lowest BCUT2D eigenvalue weighted by Gasteiger charge is -2.08. The molecular weight excluding hydrogens is 256 g/mol. The second kappa shape index (κ2) is 6.70. The van der Waals surface area contributed by atoms with E-state index >= 15 is 0 Å². The number of nitrogens with one attached hydrogen (secondary N) is 2. The standard InChI is InChI=1S/C14H18N4O2/c1-3-4-9-20-12-7-5-11(6-8-12)15-13-10(2)17-18-14(19)16-13/h5-8H,3-4,9H2,1-2H3,(H2,15,16,18,19). The maximum Gasteiger partial charge on any atom is 0.363 e. The number of aryl methyl sites for hydroxylation is 1. The monoisotopic (exact) mass is 274 g/mol. The molecule has 0 saturated carbocycles. The van der Waals surface area contributed by atoms with Gasteiger partial charge in [-0.1, -0.05) is 13.3 Å². The van der Waals surface area contributed by atoms with Crippen molar-refractivity contribution in [3.05, 3.63) is 40.4 Å². The Morgan fingerprint density at radius 1 is 1.30 bits per heavy atom. The van der Waals surface area contributed by atoms with E-state index in [2.05, 4.69) is 27.4 Å². The summed E-state index contributed by atoms with van der Waals surface area (Å²) in [6.07, 6.45) is 2.15. The molecule has 6 nitrogen and oxygen atoms in total. The number of hydrogen-bond acceptors (Lipinski definition) is 5. The van der Waals surface area contributed by atoms with Crippen LogP contribution in [0.3, 0.4) is 0 Å². The van der Waals surface area contributed by atoms with Gasteiger partial charge in [0.05, 0.1) is 6.61 Å². The first kappa shape index (κ1) is 14.0. The minimum absolute atomic E-state index is 0.452. The van der Waals surface area contributed by atoms with Crippen molar-refractivity contribution in [3.63, 3.8) is 0 Å². The van der Waals surface area contributed by atoms with Crippen molar-refractivity contribution >= 4 is 11.5 Å². The number of rotatable bonds is 6. The molecule has 0 saturated heterocycles. The zero-order chi connectivity index (χ0) is 14.4. The van der Waals surface area contributed by atoms with Crippen LogP contribution in [0, 0.1) is 6.92 Å². The largest absolute Gasteiger partial charge is 0.494 e. The van der Waals surface area contributed by atoms with Crippen molar-refractivity contribution in [2.24, 2.45) is 0 Å². The number of aromatic amines is 1. The molecule has 0 radical (unpaired) electrons. The lowest BCUT2D eigenvalue weighted by atomic mass is 10.3. The highest BCUT2D eigenvalue weighted by molar-refractivity contribution is 5.58. The van der Waals surface area contributed by atoms with E-state index in [1.54, 1.807) is 6.92 Å². The van der Waals surface area contributed by atoms with Crippen molar-refractivity contribution in [1.29, 1.82) is 0 Å². The number of unbranched alkanes of at least 4 members (excludes halogenated alkanes) is 1. The lowest BCUT2D eigenvalue weighted by molar-refractivity contribution is 0.309. The second-order valence-corrected chi connectivity index (χ2v) is 4.43. The van der Waals surface area contributed by atoms with Gasteiger partial charge < -0.3 is 10.1 Å². The Morgan fingerprint density at radius 3 is 2.75 bits per heavy atom. The molecule has 2 rings (SSSR count). The number of benzene rings is 1. The molecule has 0 bridgehead atoms. The van der Waals surface area contributed by atoms with Crippen molar-refractivity contribution in [3.8, 4) is 5.75 Å². The van der Waals surface area contributed by atoms with Crippen molar-refractivity contribution < 1.29 is 4.74 Å².